The van der Waals surface area contributed by atoms with Crippen molar-refractivity contribution in [2.45, 2.75) is 52.4 Å². The first-order valence-electron chi connectivity index (χ1n) is 6.54. The number of aromatic nitrogens is 2. The summed E-state index contributed by atoms with van der Waals surface area (Å²) >= 11 is 0. The molecule has 17 heavy (non-hydrogen) atoms. The fraction of sp³-hybridized carbons (Fsp3) is 0.714. The van der Waals surface area contributed by atoms with Crippen molar-refractivity contribution in [2.24, 2.45) is 12.5 Å². The molecule has 1 fully saturated rings. The van der Waals surface area contributed by atoms with E-state index >= 15 is 0 Å². The van der Waals surface area contributed by atoms with Crippen LogP contribution in [0.3, 0.4) is 0 Å². The van der Waals surface area contributed by atoms with Gasteiger partial charge in [0.25, 0.3) is 0 Å². The van der Waals surface area contributed by atoms with Crippen LogP contribution in [0.25, 0.3) is 0 Å². The highest BCUT2D eigenvalue weighted by atomic mass is 16.1. The van der Waals surface area contributed by atoms with E-state index in [2.05, 4.69) is 12.0 Å². The van der Waals surface area contributed by atoms with E-state index < -0.39 is 0 Å². The second-order valence-corrected chi connectivity index (χ2v) is 5.62. The minimum Gasteiger partial charge on any atom is -0.299 e. The first-order chi connectivity index (χ1) is 8.01. The molecule has 0 aromatic carbocycles. The second kappa shape index (κ2) is 4.63. The molecule has 0 bridgehead atoms. The predicted molar refractivity (Wildman–Crippen MR) is 67.8 cm³/mol. The first kappa shape index (κ1) is 12.3. The highest BCUT2D eigenvalue weighted by molar-refractivity contribution is 5.86. The molecule has 0 unspecified atom stereocenters. The van der Waals surface area contributed by atoms with Crippen molar-refractivity contribution in [3.8, 4) is 0 Å². The molecule has 1 aromatic rings. The summed E-state index contributed by atoms with van der Waals surface area (Å²) in [7, 11) is 1.92. The van der Waals surface area contributed by atoms with Crippen LogP contribution in [0, 0.1) is 12.3 Å². The van der Waals surface area contributed by atoms with Gasteiger partial charge in [0.15, 0.2) is 0 Å². The number of carbonyl (C=O) groups excluding carboxylic acids is 1. The van der Waals surface area contributed by atoms with Crippen molar-refractivity contribution in [1.29, 1.82) is 0 Å². The lowest BCUT2D eigenvalue weighted by molar-refractivity contribution is -0.129. The van der Waals surface area contributed by atoms with E-state index in [9.17, 15) is 4.79 Å². The van der Waals surface area contributed by atoms with E-state index in [0.717, 1.165) is 24.2 Å². The van der Waals surface area contributed by atoms with Crippen molar-refractivity contribution in [2.75, 3.05) is 0 Å². The summed E-state index contributed by atoms with van der Waals surface area (Å²) in [5, 5.41) is 4.30. The van der Waals surface area contributed by atoms with E-state index in [4.69, 9.17) is 0 Å². The molecule has 0 spiro atoms. The van der Waals surface area contributed by atoms with Crippen LogP contribution in [0.4, 0.5) is 0 Å². The van der Waals surface area contributed by atoms with Gasteiger partial charge in [0.1, 0.15) is 5.78 Å². The number of rotatable bonds is 3. The van der Waals surface area contributed by atoms with Crippen LogP contribution >= 0.6 is 0 Å². The molecular weight excluding hydrogens is 212 g/mol. The molecule has 94 valence electrons. The van der Waals surface area contributed by atoms with Gasteiger partial charge in [-0.2, -0.15) is 5.10 Å². The molecule has 1 saturated carbocycles. The maximum Gasteiger partial charge on any atom is 0.144 e. The number of Topliss-reactive ketones (excluding diaryl/α,β-unsaturated/α-hetero) is 1. The normalized spacial score (nSPS) is 19.2. The predicted octanol–water partition coefficient (Wildman–Crippen LogP) is 2.81. The number of nitrogens with zero attached hydrogens (tertiary/aromatic N) is 2. The van der Waals surface area contributed by atoms with Crippen molar-refractivity contribution in [3.63, 3.8) is 0 Å². The standard InChI is InChI=1S/C14H22N2O/c1-11-9-12(16(3)15-11)10-13(17)14(2)7-5-4-6-8-14/h9H,4-8,10H2,1-3H3. The fourth-order valence-electron chi connectivity index (χ4n) is 2.82. The van der Waals surface area contributed by atoms with Gasteiger partial charge in [-0.25, -0.2) is 0 Å². The maximum absolute atomic E-state index is 12.4. The Balaban J connectivity index is 2.08. The zero-order valence-electron chi connectivity index (χ0n) is 11.1. The summed E-state index contributed by atoms with van der Waals surface area (Å²) in [6, 6.07) is 2.02. The average Bonchev–Trinajstić information content (AvgIpc) is 2.58. The van der Waals surface area contributed by atoms with Crippen molar-refractivity contribution in [3.05, 3.63) is 17.5 Å². The molecule has 1 aromatic heterocycles. The highest BCUT2D eigenvalue weighted by Crippen LogP contribution is 2.37. The summed E-state index contributed by atoms with van der Waals surface area (Å²) in [5.41, 5.74) is 1.94. The van der Waals surface area contributed by atoms with E-state index in [-0.39, 0.29) is 5.41 Å². The van der Waals surface area contributed by atoms with Crippen LogP contribution in [-0.2, 0) is 18.3 Å². The largest absolute Gasteiger partial charge is 0.299 e. The third kappa shape index (κ3) is 2.59. The Morgan fingerprint density at radius 3 is 2.59 bits per heavy atom. The fourth-order valence-corrected chi connectivity index (χ4v) is 2.82. The van der Waals surface area contributed by atoms with Crippen LogP contribution < -0.4 is 0 Å². The minimum absolute atomic E-state index is 0.0869. The molecule has 3 nitrogen and oxygen atoms in total. The Hall–Kier alpha value is -1.12. The van der Waals surface area contributed by atoms with Gasteiger partial charge in [-0.1, -0.05) is 26.2 Å². The van der Waals surface area contributed by atoms with Crippen LogP contribution in [0.15, 0.2) is 6.07 Å². The van der Waals surface area contributed by atoms with Crippen molar-refractivity contribution in [1.82, 2.24) is 9.78 Å². The Morgan fingerprint density at radius 2 is 2.06 bits per heavy atom. The van der Waals surface area contributed by atoms with Crippen molar-refractivity contribution < 1.29 is 4.79 Å². The average molecular weight is 234 g/mol. The monoisotopic (exact) mass is 234 g/mol. The van der Waals surface area contributed by atoms with E-state index in [1.807, 2.05) is 24.7 Å². The highest BCUT2D eigenvalue weighted by Gasteiger charge is 2.34. The summed E-state index contributed by atoms with van der Waals surface area (Å²) < 4.78 is 1.83. The lowest BCUT2D eigenvalue weighted by Gasteiger charge is -2.32. The van der Waals surface area contributed by atoms with Gasteiger partial charge in [0.05, 0.1) is 5.69 Å². The smallest absolute Gasteiger partial charge is 0.144 e. The Labute approximate surface area is 103 Å². The quantitative estimate of drug-likeness (QED) is 0.806. The van der Waals surface area contributed by atoms with E-state index in [1.165, 1.54) is 19.3 Å². The van der Waals surface area contributed by atoms with Crippen LogP contribution in [0.1, 0.15) is 50.4 Å². The molecule has 0 saturated heterocycles. The van der Waals surface area contributed by atoms with Gasteiger partial charge >= 0.3 is 0 Å². The molecule has 0 aliphatic heterocycles. The molecule has 0 N–H and O–H groups in total. The SMILES string of the molecule is Cc1cc(CC(=O)C2(C)CCCCC2)n(C)n1. The minimum atomic E-state index is -0.0869. The molecule has 1 heterocycles. The number of carbonyl (C=O) groups is 1. The summed E-state index contributed by atoms with van der Waals surface area (Å²) in [6.07, 6.45) is 6.34. The van der Waals surface area contributed by atoms with Gasteiger partial charge in [0, 0.05) is 24.6 Å². The maximum atomic E-state index is 12.4. The number of hydrogen-bond donors (Lipinski definition) is 0. The van der Waals surface area contributed by atoms with Crippen LogP contribution in [0.2, 0.25) is 0 Å². The van der Waals surface area contributed by atoms with Crippen LogP contribution in [-0.4, -0.2) is 15.6 Å². The molecule has 1 aliphatic rings. The van der Waals surface area contributed by atoms with Gasteiger partial charge in [-0.05, 0) is 25.8 Å². The topological polar surface area (TPSA) is 34.9 Å². The molecule has 1 aliphatic carbocycles. The lowest BCUT2D eigenvalue weighted by atomic mass is 9.72. The lowest BCUT2D eigenvalue weighted by Crippen LogP contribution is -2.32. The Bertz CT molecular complexity index is 414. The van der Waals surface area contributed by atoms with E-state index in [1.54, 1.807) is 0 Å². The summed E-state index contributed by atoms with van der Waals surface area (Å²) in [4.78, 5) is 12.4. The number of aryl methyl sites for hydroxylation is 2. The summed E-state index contributed by atoms with van der Waals surface area (Å²) in [6.45, 7) is 4.11. The molecule has 0 amide bonds. The van der Waals surface area contributed by atoms with Gasteiger partial charge < -0.3 is 0 Å². The third-order valence-corrected chi connectivity index (χ3v) is 4.07. The third-order valence-electron chi connectivity index (χ3n) is 4.07. The Morgan fingerprint density at radius 1 is 1.41 bits per heavy atom. The number of ketones is 1. The van der Waals surface area contributed by atoms with Crippen molar-refractivity contribution >= 4 is 5.78 Å². The zero-order valence-corrected chi connectivity index (χ0v) is 11.1. The summed E-state index contributed by atoms with van der Waals surface area (Å²) in [5.74, 6) is 0.389. The number of hydrogen-bond acceptors (Lipinski definition) is 2. The second-order valence-electron chi connectivity index (χ2n) is 5.62. The van der Waals surface area contributed by atoms with Gasteiger partial charge in [-0.3, -0.25) is 9.48 Å². The first-order valence-corrected chi connectivity index (χ1v) is 6.54. The zero-order chi connectivity index (χ0) is 12.5. The molecule has 2 rings (SSSR count). The van der Waals surface area contributed by atoms with Crippen LogP contribution in [0.5, 0.6) is 0 Å². The van der Waals surface area contributed by atoms with Gasteiger partial charge in [-0.15, -0.1) is 0 Å². The van der Waals surface area contributed by atoms with Gasteiger partial charge in [0.2, 0.25) is 0 Å². The molecular formula is C14H22N2O. The van der Waals surface area contributed by atoms with E-state index in [0.29, 0.717) is 12.2 Å². The molecule has 0 radical (unpaired) electrons. The molecule has 0 atom stereocenters. The Kier molecular flexibility index (Phi) is 3.36. The molecule has 3 heteroatoms.